The van der Waals surface area contributed by atoms with Gasteiger partial charge in [-0.05, 0) is 72.6 Å². The summed E-state index contributed by atoms with van der Waals surface area (Å²) in [7, 11) is 0. The molecule has 1 aliphatic heterocycles. The van der Waals surface area contributed by atoms with Gasteiger partial charge in [-0.25, -0.2) is 9.59 Å². The Labute approximate surface area is 185 Å². The number of imide groups is 1. The van der Waals surface area contributed by atoms with Crippen molar-refractivity contribution in [1.82, 2.24) is 4.90 Å². The van der Waals surface area contributed by atoms with Gasteiger partial charge in [0.25, 0.3) is 0 Å². The van der Waals surface area contributed by atoms with Crippen LogP contribution in [0.5, 0.6) is 0 Å². The summed E-state index contributed by atoms with van der Waals surface area (Å²) in [5.41, 5.74) is -1.10. The molecule has 0 aliphatic carbocycles. The van der Waals surface area contributed by atoms with Crippen molar-refractivity contribution in [2.45, 2.75) is 71.6 Å². The summed E-state index contributed by atoms with van der Waals surface area (Å²) in [6.07, 6.45) is -0.818. The normalized spacial score (nSPS) is 19.9. The van der Waals surface area contributed by atoms with E-state index in [1.54, 1.807) is 41.5 Å². The monoisotopic (exact) mass is 484 g/mol. The van der Waals surface area contributed by atoms with Crippen molar-refractivity contribution in [3.63, 3.8) is 0 Å². The van der Waals surface area contributed by atoms with Crippen LogP contribution in [-0.2, 0) is 15.0 Å². The Bertz CT molecular complexity index is 786. The number of hydrogen-bond donors (Lipinski definition) is 0. The van der Waals surface area contributed by atoms with Crippen LogP contribution in [0.15, 0.2) is 33.7 Å². The second-order valence-electron chi connectivity index (χ2n) is 9.07. The summed E-state index contributed by atoms with van der Waals surface area (Å²) in [4.78, 5) is 31.5. The first-order chi connectivity index (χ1) is 13.2. The molecule has 2 amide bonds. The number of aliphatic imine (C=N–C) groups is 1. The van der Waals surface area contributed by atoms with Crippen LogP contribution in [0.3, 0.4) is 0 Å². The molecule has 1 atom stereocenters. The average Bonchev–Trinajstić information content (AvgIpc) is 2.51. The topological polar surface area (TPSA) is 68.2 Å². The van der Waals surface area contributed by atoms with Gasteiger partial charge in [0.15, 0.2) is 5.17 Å². The number of amidine groups is 1. The number of carbonyl (C=O) groups excluding carboxylic acids is 2. The minimum atomic E-state index is -0.795. The third kappa shape index (κ3) is 6.74. The van der Waals surface area contributed by atoms with E-state index in [0.717, 1.165) is 21.4 Å². The van der Waals surface area contributed by atoms with E-state index < -0.39 is 28.9 Å². The molecule has 1 aliphatic rings. The quantitative estimate of drug-likeness (QED) is 0.465. The van der Waals surface area contributed by atoms with E-state index in [1.807, 2.05) is 31.2 Å². The zero-order valence-corrected chi connectivity index (χ0v) is 20.4. The molecule has 0 spiro atoms. The second kappa shape index (κ2) is 8.68. The fourth-order valence-electron chi connectivity index (χ4n) is 2.63. The standard InChI is InChI=1S/C21H29BrN2O4S/c1-19(2,3)27-17(25)24(18(26)28-20(4,5)6)16-23-21(7,11-12-29-16)14-9-8-10-15(22)13-14/h8-10,13H,11-12H2,1-7H3/t21-/m0/s1. The van der Waals surface area contributed by atoms with Crippen LogP contribution in [0.1, 0.15) is 60.5 Å². The molecule has 0 fully saturated rings. The van der Waals surface area contributed by atoms with Gasteiger partial charge in [-0.15, -0.1) is 0 Å². The maximum absolute atomic E-state index is 12.9. The van der Waals surface area contributed by atoms with E-state index in [0.29, 0.717) is 5.75 Å². The van der Waals surface area contributed by atoms with Gasteiger partial charge in [-0.2, -0.15) is 4.90 Å². The first-order valence-corrected chi connectivity index (χ1v) is 11.2. The van der Waals surface area contributed by atoms with Crippen LogP contribution in [-0.4, -0.2) is 39.2 Å². The molecule has 0 unspecified atom stereocenters. The van der Waals surface area contributed by atoms with Crippen molar-refractivity contribution in [1.29, 1.82) is 0 Å². The summed E-state index contributed by atoms with van der Waals surface area (Å²) >= 11 is 4.84. The highest BCUT2D eigenvalue weighted by Crippen LogP contribution is 2.38. The van der Waals surface area contributed by atoms with Gasteiger partial charge in [-0.1, -0.05) is 39.8 Å². The lowest BCUT2D eigenvalue weighted by Gasteiger charge is -2.34. The van der Waals surface area contributed by atoms with E-state index in [-0.39, 0.29) is 5.17 Å². The van der Waals surface area contributed by atoms with Crippen molar-refractivity contribution in [3.05, 3.63) is 34.3 Å². The van der Waals surface area contributed by atoms with Crippen molar-refractivity contribution in [2.24, 2.45) is 4.99 Å². The predicted molar refractivity (Wildman–Crippen MR) is 120 cm³/mol. The SMILES string of the molecule is CC(C)(C)OC(=O)N(C(=O)OC(C)(C)C)C1=N[C@](C)(c2cccc(Br)c2)CCS1. The number of carbonyl (C=O) groups is 2. The van der Waals surface area contributed by atoms with Gasteiger partial charge in [0.05, 0.1) is 5.54 Å². The first kappa shape index (κ1) is 23.7. The molecule has 0 aromatic heterocycles. The molecule has 0 bridgehead atoms. The van der Waals surface area contributed by atoms with E-state index >= 15 is 0 Å². The minimum Gasteiger partial charge on any atom is -0.443 e. The zero-order valence-electron chi connectivity index (χ0n) is 18.0. The predicted octanol–water partition coefficient (Wildman–Crippen LogP) is 6.33. The van der Waals surface area contributed by atoms with Gasteiger partial charge in [0, 0.05) is 10.2 Å². The third-order valence-corrected chi connectivity index (χ3v) is 5.39. The molecular weight excluding hydrogens is 456 g/mol. The average molecular weight is 485 g/mol. The molecule has 160 valence electrons. The van der Waals surface area contributed by atoms with Crippen LogP contribution < -0.4 is 0 Å². The Morgan fingerprint density at radius 2 is 1.66 bits per heavy atom. The summed E-state index contributed by atoms with van der Waals surface area (Å²) in [5.74, 6) is 0.698. The molecule has 6 nitrogen and oxygen atoms in total. The molecule has 2 rings (SSSR count). The van der Waals surface area contributed by atoms with Gasteiger partial charge in [0.1, 0.15) is 11.2 Å². The van der Waals surface area contributed by atoms with E-state index in [4.69, 9.17) is 14.5 Å². The van der Waals surface area contributed by atoms with Gasteiger partial charge >= 0.3 is 12.2 Å². The largest absolute Gasteiger partial charge is 0.443 e. The lowest BCUT2D eigenvalue weighted by molar-refractivity contribution is 0.0151. The van der Waals surface area contributed by atoms with E-state index in [9.17, 15) is 9.59 Å². The van der Waals surface area contributed by atoms with Crippen LogP contribution in [0.25, 0.3) is 0 Å². The molecule has 0 radical (unpaired) electrons. The highest BCUT2D eigenvalue weighted by atomic mass is 79.9. The lowest BCUT2D eigenvalue weighted by Crippen LogP contribution is -2.47. The van der Waals surface area contributed by atoms with Crippen molar-refractivity contribution in [3.8, 4) is 0 Å². The summed E-state index contributed by atoms with van der Waals surface area (Å²) in [5, 5.41) is 0.280. The number of ether oxygens (including phenoxy) is 2. The Hall–Kier alpha value is -1.54. The molecule has 0 N–H and O–H groups in total. The number of halogens is 1. The third-order valence-electron chi connectivity index (χ3n) is 3.95. The Morgan fingerprint density at radius 3 is 2.14 bits per heavy atom. The number of amides is 2. The summed E-state index contributed by atoms with van der Waals surface area (Å²) in [6.45, 7) is 12.5. The van der Waals surface area contributed by atoms with E-state index in [1.165, 1.54) is 11.8 Å². The number of rotatable bonds is 1. The molecule has 1 heterocycles. The first-order valence-electron chi connectivity index (χ1n) is 9.45. The van der Waals surface area contributed by atoms with Crippen LogP contribution in [0.2, 0.25) is 0 Å². The fraction of sp³-hybridized carbons (Fsp3) is 0.571. The number of nitrogens with zero attached hydrogens (tertiary/aromatic N) is 2. The molecular formula is C21H29BrN2O4S. The Kier molecular flexibility index (Phi) is 7.10. The van der Waals surface area contributed by atoms with Crippen molar-refractivity contribution in [2.75, 3.05) is 5.75 Å². The fourth-order valence-corrected chi connectivity index (χ4v) is 4.26. The summed E-state index contributed by atoms with van der Waals surface area (Å²) < 4.78 is 11.9. The van der Waals surface area contributed by atoms with Gasteiger partial charge < -0.3 is 9.47 Å². The van der Waals surface area contributed by atoms with E-state index in [2.05, 4.69) is 15.9 Å². The highest BCUT2D eigenvalue weighted by Gasteiger charge is 2.39. The molecule has 8 heteroatoms. The smallest absolute Gasteiger partial charge is 0.426 e. The number of hydrogen-bond acceptors (Lipinski definition) is 6. The molecule has 29 heavy (non-hydrogen) atoms. The Balaban J connectivity index is 2.46. The van der Waals surface area contributed by atoms with Gasteiger partial charge in [0.2, 0.25) is 0 Å². The lowest BCUT2D eigenvalue weighted by atomic mass is 9.90. The minimum absolute atomic E-state index is 0.280. The highest BCUT2D eigenvalue weighted by molar-refractivity contribution is 9.10. The zero-order chi connectivity index (χ0) is 22.0. The maximum Gasteiger partial charge on any atom is 0.426 e. The Morgan fingerprint density at radius 1 is 1.10 bits per heavy atom. The molecule has 1 aromatic carbocycles. The molecule has 0 saturated carbocycles. The summed E-state index contributed by atoms with van der Waals surface area (Å²) in [6, 6.07) is 7.89. The number of benzene rings is 1. The van der Waals surface area contributed by atoms with Crippen molar-refractivity contribution < 1.29 is 19.1 Å². The number of thioether (sulfide) groups is 1. The second-order valence-corrected chi connectivity index (χ2v) is 11.1. The van der Waals surface area contributed by atoms with Crippen LogP contribution in [0.4, 0.5) is 9.59 Å². The maximum atomic E-state index is 12.9. The van der Waals surface area contributed by atoms with Crippen molar-refractivity contribution >= 4 is 45.0 Å². The molecule has 0 saturated heterocycles. The van der Waals surface area contributed by atoms with Crippen LogP contribution >= 0.6 is 27.7 Å². The van der Waals surface area contributed by atoms with Crippen LogP contribution in [0, 0.1) is 0 Å². The van der Waals surface area contributed by atoms with Gasteiger partial charge in [-0.3, -0.25) is 4.99 Å². The molecule has 1 aromatic rings.